The van der Waals surface area contributed by atoms with Crippen LogP contribution in [0.5, 0.6) is 11.5 Å². The Bertz CT molecular complexity index is 752. The summed E-state index contributed by atoms with van der Waals surface area (Å²) in [5.41, 5.74) is 1.34. The van der Waals surface area contributed by atoms with Gasteiger partial charge in [0.25, 0.3) is 5.91 Å². The third-order valence-electron chi connectivity index (χ3n) is 3.50. The van der Waals surface area contributed by atoms with Gasteiger partial charge in [0.05, 0.1) is 19.8 Å². The van der Waals surface area contributed by atoms with Gasteiger partial charge < -0.3 is 19.4 Å². The van der Waals surface area contributed by atoms with Crippen molar-refractivity contribution in [2.45, 2.75) is 6.42 Å². The van der Waals surface area contributed by atoms with Gasteiger partial charge in [0.1, 0.15) is 0 Å². The fourth-order valence-electron chi connectivity index (χ4n) is 2.19. The molecule has 0 saturated carbocycles. The molecule has 0 atom stereocenters. The lowest BCUT2D eigenvalue weighted by Gasteiger charge is -2.10. The summed E-state index contributed by atoms with van der Waals surface area (Å²) in [7, 11) is 4.79. The fourth-order valence-corrected chi connectivity index (χ4v) is 2.19. The lowest BCUT2D eigenvalue weighted by molar-refractivity contribution is 0.0953. The number of benzene rings is 1. The highest BCUT2D eigenvalue weighted by molar-refractivity contribution is 5.93. The van der Waals surface area contributed by atoms with Crippen molar-refractivity contribution in [1.29, 1.82) is 0 Å². The van der Waals surface area contributed by atoms with Gasteiger partial charge in [0.2, 0.25) is 5.56 Å². The van der Waals surface area contributed by atoms with Gasteiger partial charge in [-0.2, -0.15) is 0 Å². The maximum absolute atomic E-state index is 12.1. The molecule has 0 fully saturated rings. The van der Waals surface area contributed by atoms with Crippen LogP contribution in [-0.2, 0) is 13.5 Å². The molecule has 1 aromatic carbocycles. The Morgan fingerprint density at radius 3 is 2.52 bits per heavy atom. The molecule has 0 radical (unpaired) electrons. The van der Waals surface area contributed by atoms with Crippen LogP contribution in [0.1, 0.15) is 15.9 Å². The number of hydrogen-bond acceptors (Lipinski definition) is 4. The number of nitrogens with zero attached hydrogens (tertiary/aromatic N) is 1. The van der Waals surface area contributed by atoms with Crippen LogP contribution in [0.3, 0.4) is 0 Å². The molecule has 2 aromatic rings. The standard InChI is InChI=1S/C17H20N2O4/c1-19-11-13(5-7-16(19)20)17(21)18-9-8-12-4-6-14(22-2)15(10-12)23-3/h4-7,10-11H,8-9H2,1-3H3,(H,18,21). The van der Waals surface area contributed by atoms with Gasteiger partial charge in [-0.3, -0.25) is 9.59 Å². The Morgan fingerprint density at radius 1 is 1.13 bits per heavy atom. The molecule has 2 rings (SSSR count). The first-order valence-corrected chi connectivity index (χ1v) is 7.21. The topological polar surface area (TPSA) is 69.6 Å². The first kappa shape index (κ1) is 16.6. The van der Waals surface area contributed by atoms with E-state index in [2.05, 4.69) is 5.32 Å². The van der Waals surface area contributed by atoms with Crippen LogP contribution in [0.2, 0.25) is 0 Å². The molecule has 122 valence electrons. The minimum atomic E-state index is -0.207. The number of methoxy groups -OCH3 is 2. The van der Waals surface area contributed by atoms with E-state index in [9.17, 15) is 9.59 Å². The van der Waals surface area contributed by atoms with Crippen LogP contribution in [-0.4, -0.2) is 31.2 Å². The number of pyridine rings is 1. The molecule has 0 aliphatic rings. The zero-order valence-electron chi connectivity index (χ0n) is 13.5. The normalized spacial score (nSPS) is 10.2. The second-order valence-electron chi connectivity index (χ2n) is 5.06. The Hall–Kier alpha value is -2.76. The number of hydrogen-bond donors (Lipinski definition) is 1. The Balaban J connectivity index is 1.95. The van der Waals surface area contributed by atoms with E-state index in [1.807, 2.05) is 18.2 Å². The summed E-state index contributed by atoms with van der Waals surface area (Å²) in [4.78, 5) is 23.4. The molecule has 1 heterocycles. The van der Waals surface area contributed by atoms with Crippen molar-refractivity contribution < 1.29 is 14.3 Å². The molecule has 23 heavy (non-hydrogen) atoms. The van der Waals surface area contributed by atoms with Gasteiger partial charge in [0.15, 0.2) is 11.5 Å². The van der Waals surface area contributed by atoms with E-state index in [-0.39, 0.29) is 11.5 Å². The summed E-state index contributed by atoms with van der Waals surface area (Å²) in [6, 6.07) is 8.55. The van der Waals surface area contributed by atoms with Gasteiger partial charge in [-0.15, -0.1) is 0 Å². The van der Waals surface area contributed by atoms with Crippen LogP contribution < -0.4 is 20.3 Å². The molecule has 1 N–H and O–H groups in total. The summed E-state index contributed by atoms with van der Waals surface area (Å²) in [5, 5.41) is 2.83. The van der Waals surface area contributed by atoms with E-state index in [1.54, 1.807) is 21.3 Å². The van der Waals surface area contributed by atoms with Crippen molar-refractivity contribution in [1.82, 2.24) is 9.88 Å². The molecule has 1 aromatic heterocycles. The van der Waals surface area contributed by atoms with Crippen LogP contribution in [0.4, 0.5) is 0 Å². The zero-order valence-corrected chi connectivity index (χ0v) is 13.5. The average molecular weight is 316 g/mol. The molecule has 0 aliphatic heterocycles. The Labute approximate surface area is 134 Å². The number of aromatic nitrogens is 1. The molecule has 6 heteroatoms. The first-order valence-electron chi connectivity index (χ1n) is 7.21. The number of amides is 1. The number of aryl methyl sites for hydroxylation is 1. The molecule has 6 nitrogen and oxygen atoms in total. The monoisotopic (exact) mass is 316 g/mol. The van der Waals surface area contributed by atoms with Crippen molar-refractivity contribution in [3.8, 4) is 11.5 Å². The van der Waals surface area contributed by atoms with Gasteiger partial charge in [-0.1, -0.05) is 6.07 Å². The molecule has 0 spiro atoms. The maximum Gasteiger partial charge on any atom is 0.252 e. The molecule has 0 unspecified atom stereocenters. The number of carbonyl (C=O) groups is 1. The average Bonchev–Trinajstić information content (AvgIpc) is 2.57. The van der Waals surface area contributed by atoms with Crippen LogP contribution in [0, 0.1) is 0 Å². The van der Waals surface area contributed by atoms with E-state index in [0.717, 1.165) is 5.56 Å². The summed E-state index contributed by atoms with van der Waals surface area (Å²) in [5.74, 6) is 1.13. The molecule has 0 saturated heterocycles. The van der Waals surface area contributed by atoms with E-state index in [1.165, 1.54) is 22.9 Å². The smallest absolute Gasteiger partial charge is 0.252 e. The molecule has 1 amide bonds. The molecular weight excluding hydrogens is 296 g/mol. The summed E-state index contributed by atoms with van der Waals surface area (Å²) < 4.78 is 11.8. The predicted octanol–water partition coefficient (Wildman–Crippen LogP) is 1.37. The van der Waals surface area contributed by atoms with Crippen molar-refractivity contribution in [3.63, 3.8) is 0 Å². The van der Waals surface area contributed by atoms with Crippen molar-refractivity contribution in [2.75, 3.05) is 20.8 Å². The summed E-state index contributed by atoms with van der Waals surface area (Å²) in [6.45, 7) is 0.483. The van der Waals surface area contributed by atoms with Gasteiger partial charge in [-0.25, -0.2) is 0 Å². The van der Waals surface area contributed by atoms with Crippen molar-refractivity contribution >= 4 is 5.91 Å². The van der Waals surface area contributed by atoms with Gasteiger partial charge in [0, 0.05) is 25.9 Å². The second-order valence-corrected chi connectivity index (χ2v) is 5.06. The van der Waals surface area contributed by atoms with E-state index in [0.29, 0.717) is 30.0 Å². The number of carbonyl (C=O) groups excluding carboxylic acids is 1. The highest BCUT2D eigenvalue weighted by Crippen LogP contribution is 2.27. The molecule has 0 bridgehead atoms. The predicted molar refractivity (Wildman–Crippen MR) is 87.3 cm³/mol. The molecule has 0 aliphatic carbocycles. The summed E-state index contributed by atoms with van der Waals surface area (Å²) >= 11 is 0. The Kier molecular flexibility index (Phi) is 5.41. The SMILES string of the molecule is COc1ccc(CCNC(=O)c2ccc(=O)n(C)c2)cc1OC. The minimum absolute atomic E-state index is 0.146. The highest BCUT2D eigenvalue weighted by atomic mass is 16.5. The quantitative estimate of drug-likeness (QED) is 0.874. The van der Waals surface area contributed by atoms with E-state index < -0.39 is 0 Å². The number of nitrogens with one attached hydrogen (secondary N) is 1. The largest absolute Gasteiger partial charge is 0.493 e. The minimum Gasteiger partial charge on any atom is -0.493 e. The third-order valence-corrected chi connectivity index (χ3v) is 3.50. The van der Waals surface area contributed by atoms with Crippen LogP contribution >= 0.6 is 0 Å². The van der Waals surface area contributed by atoms with Crippen molar-refractivity contribution in [3.05, 3.63) is 58.0 Å². The Morgan fingerprint density at radius 2 is 1.87 bits per heavy atom. The van der Waals surface area contributed by atoms with Gasteiger partial charge >= 0.3 is 0 Å². The van der Waals surface area contributed by atoms with Crippen molar-refractivity contribution in [2.24, 2.45) is 7.05 Å². The molecular formula is C17H20N2O4. The first-order chi connectivity index (χ1) is 11.0. The lowest BCUT2D eigenvalue weighted by atomic mass is 10.1. The third kappa shape index (κ3) is 4.12. The fraction of sp³-hybridized carbons (Fsp3) is 0.294. The second kappa shape index (κ2) is 7.49. The van der Waals surface area contributed by atoms with E-state index >= 15 is 0 Å². The number of ether oxygens (including phenoxy) is 2. The van der Waals surface area contributed by atoms with E-state index in [4.69, 9.17) is 9.47 Å². The lowest BCUT2D eigenvalue weighted by Crippen LogP contribution is -2.27. The highest BCUT2D eigenvalue weighted by Gasteiger charge is 2.07. The maximum atomic E-state index is 12.1. The van der Waals surface area contributed by atoms with Crippen LogP contribution in [0.15, 0.2) is 41.3 Å². The summed E-state index contributed by atoms with van der Waals surface area (Å²) in [6.07, 6.45) is 2.19. The zero-order chi connectivity index (χ0) is 16.8. The van der Waals surface area contributed by atoms with Gasteiger partial charge in [-0.05, 0) is 30.2 Å². The number of rotatable bonds is 6. The van der Waals surface area contributed by atoms with Crippen LogP contribution in [0.25, 0.3) is 0 Å².